The summed E-state index contributed by atoms with van der Waals surface area (Å²) in [5.41, 5.74) is 0.144. The minimum absolute atomic E-state index is 0.125. The molecule has 1 atom stereocenters. The molecule has 17 heavy (non-hydrogen) atoms. The molecule has 3 heteroatoms. The number of benzene rings is 1. The Labute approximate surface area is 101 Å². The number of halogens is 2. The third kappa shape index (κ3) is 3.55. The SMILES string of the molecule is C/C=C/COc1cc(F)c(C(C)CC)c(F)c1. The fourth-order valence-corrected chi connectivity index (χ4v) is 1.56. The molecule has 1 nitrogen and oxygen atoms in total. The zero-order valence-electron chi connectivity index (χ0n) is 10.5. The summed E-state index contributed by atoms with van der Waals surface area (Å²) < 4.78 is 32.6. The Morgan fingerprint density at radius 1 is 1.29 bits per heavy atom. The number of ether oxygens (including phenoxy) is 1. The van der Waals surface area contributed by atoms with Crippen LogP contribution < -0.4 is 4.74 Å². The van der Waals surface area contributed by atoms with Crippen LogP contribution >= 0.6 is 0 Å². The number of rotatable bonds is 5. The van der Waals surface area contributed by atoms with E-state index in [-0.39, 0.29) is 17.2 Å². The topological polar surface area (TPSA) is 9.23 Å². The van der Waals surface area contributed by atoms with Crippen LogP contribution in [0.4, 0.5) is 8.78 Å². The van der Waals surface area contributed by atoms with E-state index in [2.05, 4.69) is 0 Å². The van der Waals surface area contributed by atoms with Gasteiger partial charge in [-0.2, -0.15) is 0 Å². The van der Waals surface area contributed by atoms with Crippen molar-refractivity contribution in [3.05, 3.63) is 41.5 Å². The zero-order chi connectivity index (χ0) is 12.8. The summed E-state index contributed by atoms with van der Waals surface area (Å²) in [5.74, 6) is -0.964. The van der Waals surface area contributed by atoms with E-state index in [0.29, 0.717) is 13.0 Å². The van der Waals surface area contributed by atoms with Crippen LogP contribution in [0.15, 0.2) is 24.3 Å². The van der Waals surface area contributed by atoms with Crippen LogP contribution in [0.25, 0.3) is 0 Å². The lowest BCUT2D eigenvalue weighted by molar-refractivity contribution is 0.356. The fraction of sp³-hybridized carbons (Fsp3) is 0.429. The Kier molecular flexibility index (Phi) is 5.13. The molecular formula is C14H18F2O. The molecule has 1 unspecified atom stereocenters. The number of hydrogen-bond acceptors (Lipinski definition) is 1. The van der Waals surface area contributed by atoms with E-state index in [4.69, 9.17) is 4.74 Å². The van der Waals surface area contributed by atoms with E-state index in [1.807, 2.05) is 26.8 Å². The molecule has 0 spiro atoms. The van der Waals surface area contributed by atoms with E-state index in [1.165, 1.54) is 12.1 Å². The van der Waals surface area contributed by atoms with Gasteiger partial charge >= 0.3 is 0 Å². The van der Waals surface area contributed by atoms with Gasteiger partial charge in [0.25, 0.3) is 0 Å². The first-order valence-electron chi connectivity index (χ1n) is 5.83. The minimum atomic E-state index is -0.533. The molecule has 0 bridgehead atoms. The van der Waals surface area contributed by atoms with E-state index >= 15 is 0 Å². The molecule has 0 N–H and O–H groups in total. The van der Waals surface area contributed by atoms with Crippen molar-refractivity contribution in [1.82, 2.24) is 0 Å². The molecule has 0 amide bonds. The van der Waals surface area contributed by atoms with Crippen molar-refractivity contribution in [3.63, 3.8) is 0 Å². The Morgan fingerprint density at radius 3 is 2.35 bits per heavy atom. The Balaban J connectivity index is 2.93. The average molecular weight is 240 g/mol. The van der Waals surface area contributed by atoms with Crippen LogP contribution in [0.5, 0.6) is 5.75 Å². The van der Waals surface area contributed by atoms with Gasteiger partial charge in [-0.15, -0.1) is 0 Å². The van der Waals surface area contributed by atoms with Crippen LogP contribution in [-0.2, 0) is 0 Å². The molecule has 0 saturated heterocycles. The Morgan fingerprint density at radius 2 is 1.88 bits per heavy atom. The first-order chi connectivity index (χ1) is 8.10. The number of allylic oxidation sites excluding steroid dienone is 1. The van der Waals surface area contributed by atoms with Crippen molar-refractivity contribution < 1.29 is 13.5 Å². The Bertz CT molecular complexity index is 376. The van der Waals surface area contributed by atoms with Gasteiger partial charge in [0.05, 0.1) is 0 Å². The quantitative estimate of drug-likeness (QED) is 0.692. The highest BCUT2D eigenvalue weighted by Gasteiger charge is 2.16. The van der Waals surface area contributed by atoms with Crippen molar-refractivity contribution in [2.45, 2.75) is 33.1 Å². The minimum Gasteiger partial charge on any atom is -0.489 e. The first-order valence-corrected chi connectivity index (χ1v) is 5.83. The van der Waals surface area contributed by atoms with Crippen molar-refractivity contribution in [3.8, 4) is 5.75 Å². The highest BCUT2D eigenvalue weighted by Crippen LogP contribution is 2.28. The van der Waals surface area contributed by atoms with Gasteiger partial charge in [-0.3, -0.25) is 0 Å². The van der Waals surface area contributed by atoms with Gasteiger partial charge < -0.3 is 4.74 Å². The molecule has 0 aliphatic heterocycles. The van der Waals surface area contributed by atoms with E-state index < -0.39 is 11.6 Å². The van der Waals surface area contributed by atoms with Crippen molar-refractivity contribution >= 4 is 0 Å². The van der Waals surface area contributed by atoms with Gasteiger partial charge in [-0.25, -0.2) is 8.78 Å². The van der Waals surface area contributed by atoms with Crippen LogP contribution in [0, 0.1) is 11.6 Å². The van der Waals surface area contributed by atoms with Gasteiger partial charge in [0.2, 0.25) is 0 Å². The zero-order valence-corrected chi connectivity index (χ0v) is 10.5. The van der Waals surface area contributed by atoms with Gasteiger partial charge in [0.1, 0.15) is 24.0 Å². The maximum absolute atomic E-state index is 13.7. The summed E-state index contributed by atoms with van der Waals surface area (Å²) in [6.07, 6.45) is 4.30. The molecule has 0 heterocycles. The third-order valence-corrected chi connectivity index (χ3v) is 2.74. The van der Waals surface area contributed by atoms with Crippen molar-refractivity contribution in [1.29, 1.82) is 0 Å². The summed E-state index contributed by atoms with van der Waals surface area (Å²) in [7, 11) is 0. The van der Waals surface area contributed by atoms with Gasteiger partial charge in [-0.05, 0) is 19.3 Å². The molecule has 0 radical (unpaired) electrons. The average Bonchev–Trinajstić information content (AvgIpc) is 2.28. The van der Waals surface area contributed by atoms with E-state index in [0.717, 1.165) is 0 Å². The maximum Gasteiger partial charge on any atom is 0.133 e. The second-order valence-corrected chi connectivity index (χ2v) is 3.99. The molecule has 0 saturated carbocycles. The molecule has 0 fully saturated rings. The summed E-state index contributed by atoms with van der Waals surface area (Å²) in [6, 6.07) is 2.49. The van der Waals surface area contributed by atoms with Crippen molar-refractivity contribution in [2.24, 2.45) is 0 Å². The van der Waals surface area contributed by atoms with Crippen molar-refractivity contribution in [2.75, 3.05) is 6.61 Å². The second-order valence-electron chi connectivity index (χ2n) is 3.99. The highest BCUT2D eigenvalue weighted by atomic mass is 19.1. The number of hydrogen-bond donors (Lipinski definition) is 0. The van der Waals surface area contributed by atoms with Crippen LogP contribution in [-0.4, -0.2) is 6.61 Å². The lowest BCUT2D eigenvalue weighted by Gasteiger charge is -2.13. The molecular weight excluding hydrogens is 222 g/mol. The molecule has 0 aromatic heterocycles. The molecule has 1 rings (SSSR count). The maximum atomic E-state index is 13.7. The molecule has 1 aromatic carbocycles. The Hall–Kier alpha value is -1.38. The van der Waals surface area contributed by atoms with Gasteiger partial charge in [-0.1, -0.05) is 26.0 Å². The monoisotopic (exact) mass is 240 g/mol. The normalized spacial score (nSPS) is 13.0. The lowest BCUT2D eigenvalue weighted by atomic mass is 9.97. The summed E-state index contributed by atoms with van der Waals surface area (Å²) in [6.45, 7) is 5.89. The fourth-order valence-electron chi connectivity index (χ4n) is 1.56. The van der Waals surface area contributed by atoms with E-state index in [9.17, 15) is 8.78 Å². The smallest absolute Gasteiger partial charge is 0.133 e. The molecule has 0 aliphatic rings. The largest absolute Gasteiger partial charge is 0.489 e. The predicted molar refractivity (Wildman–Crippen MR) is 65.4 cm³/mol. The van der Waals surface area contributed by atoms with Gasteiger partial charge in [0.15, 0.2) is 0 Å². The summed E-state index contributed by atoms with van der Waals surface area (Å²) in [5, 5.41) is 0. The van der Waals surface area contributed by atoms with Crippen LogP contribution in [0.2, 0.25) is 0 Å². The highest BCUT2D eigenvalue weighted by molar-refractivity contribution is 5.32. The molecule has 1 aromatic rings. The van der Waals surface area contributed by atoms with Gasteiger partial charge in [0, 0.05) is 17.7 Å². The standard InChI is InChI=1S/C14H18F2O/c1-4-6-7-17-11-8-12(15)14(10(3)5-2)13(16)9-11/h4,6,8-10H,5,7H2,1-3H3/b6-4+. The predicted octanol–water partition coefficient (Wildman–Crippen LogP) is 4.43. The molecule has 94 valence electrons. The first kappa shape index (κ1) is 13.7. The summed E-state index contributed by atoms with van der Waals surface area (Å²) >= 11 is 0. The van der Waals surface area contributed by atoms with Crippen LogP contribution in [0.3, 0.4) is 0 Å². The third-order valence-electron chi connectivity index (χ3n) is 2.74. The summed E-state index contributed by atoms with van der Waals surface area (Å²) in [4.78, 5) is 0. The van der Waals surface area contributed by atoms with Crippen LogP contribution in [0.1, 0.15) is 38.7 Å². The van der Waals surface area contributed by atoms with E-state index in [1.54, 1.807) is 6.08 Å². The second kappa shape index (κ2) is 6.38. The lowest BCUT2D eigenvalue weighted by Crippen LogP contribution is -2.02. The molecule has 0 aliphatic carbocycles.